The molecule has 0 saturated carbocycles. The van der Waals surface area contributed by atoms with Gasteiger partial charge in [0.2, 0.25) is 6.08 Å². The minimum Gasteiger partial charge on any atom is -0.405 e. The monoisotopic (exact) mass is 436 g/mol. The number of rotatable bonds is 8. The maximum atomic E-state index is 12.7. The predicted molar refractivity (Wildman–Crippen MR) is 100 cm³/mol. The Balaban J connectivity index is 2.89. The summed E-state index contributed by atoms with van der Waals surface area (Å²) in [5, 5.41) is 8.53. The van der Waals surface area contributed by atoms with Crippen molar-refractivity contribution in [3.8, 4) is 6.26 Å². The molecule has 0 aliphatic heterocycles. The molecule has 0 aromatic carbocycles. The van der Waals surface area contributed by atoms with Crippen LogP contribution in [-0.2, 0) is 42.7 Å². The average Bonchev–Trinajstić information content (AvgIpc) is 2.74. The Morgan fingerprint density at radius 1 is 0.742 bits per heavy atom. The second kappa shape index (κ2) is 9.33. The molecule has 16 nitrogen and oxygen atoms in total. The molecule has 0 aliphatic rings. The second-order valence-electron chi connectivity index (χ2n) is 5.79. The first kappa shape index (κ1) is 22.8. The molecular weight excluding hydrogens is 420 g/mol. The van der Waals surface area contributed by atoms with Crippen LogP contribution in [0.3, 0.4) is 0 Å². The van der Waals surface area contributed by atoms with Crippen LogP contribution in [0.15, 0.2) is 33.8 Å². The molecule has 2 aromatic heterocycles. The van der Waals surface area contributed by atoms with Gasteiger partial charge >= 0.3 is 34.1 Å². The Morgan fingerprint density at radius 3 is 1.61 bits per heavy atom. The lowest BCUT2D eigenvalue weighted by Crippen LogP contribution is -2.59. The third-order valence-corrected chi connectivity index (χ3v) is 4.22. The highest BCUT2D eigenvalue weighted by molar-refractivity contribution is 5.32. The van der Waals surface area contributed by atoms with Crippen LogP contribution >= 0.6 is 0 Å². The zero-order valence-corrected chi connectivity index (χ0v) is 16.4. The molecule has 16 heteroatoms. The Bertz CT molecular complexity index is 1450. The fraction of sp³-hybridized carbons (Fsp3) is 0.467. The smallest absolute Gasteiger partial charge is 0.340 e. The van der Waals surface area contributed by atoms with E-state index in [1.807, 2.05) is 0 Å². The van der Waals surface area contributed by atoms with E-state index >= 15 is 0 Å². The highest BCUT2D eigenvalue weighted by Crippen LogP contribution is 1.82. The van der Waals surface area contributed by atoms with E-state index in [2.05, 4.69) is 9.73 Å². The van der Waals surface area contributed by atoms with Crippen molar-refractivity contribution < 1.29 is 9.53 Å². The summed E-state index contributed by atoms with van der Waals surface area (Å²) in [5.41, 5.74) is -6.90. The van der Waals surface area contributed by atoms with Gasteiger partial charge in [0.25, 0.3) is 6.26 Å². The summed E-state index contributed by atoms with van der Waals surface area (Å²) in [6.07, 6.45) is 2.43. The van der Waals surface area contributed by atoms with Crippen molar-refractivity contribution in [2.45, 2.75) is 47.0 Å². The molecule has 0 aliphatic carbocycles. The van der Waals surface area contributed by atoms with Crippen LogP contribution < -0.4 is 34.1 Å². The molecule has 0 saturated heterocycles. The first-order valence-corrected chi connectivity index (χ1v) is 8.68. The highest BCUT2D eigenvalue weighted by Gasteiger charge is 2.19. The quantitative estimate of drug-likeness (QED) is 0.225. The van der Waals surface area contributed by atoms with Gasteiger partial charge in [0.05, 0.1) is 0 Å². The van der Waals surface area contributed by atoms with Crippen molar-refractivity contribution in [2.75, 3.05) is 0 Å². The summed E-state index contributed by atoms with van der Waals surface area (Å²) in [6.45, 7) is -0.00554. The highest BCUT2D eigenvalue weighted by atomic mass is 16.5. The van der Waals surface area contributed by atoms with E-state index in [9.17, 15) is 33.6 Å². The van der Waals surface area contributed by atoms with Crippen LogP contribution in [0.5, 0.6) is 0 Å². The first-order valence-electron chi connectivity index (χ1n) is 8.68. The molecule has 31 heavy (non-hydrogen) atoms. The van der Waals surface area contributed by atoms with Gasteiger partial charge in [-0.25, -0.2) is 61.0 Å². The lowest BCUT2D eigenvalue weighted by molar-refractivity contribution is 0.174. The number of nitriles is 1. The minimum absolute atomic E-state index is 0.174. The summed E-state index contributed by atoms with van der Waals surface area (Å²) in [6, 6.07) is 0. The maximum Gasteiger partial charge on any atom is 0.340 e. The molecule has 0 bridgehead atoms. The molecular formula is C15H16N8O8. The van der Waals surface area contributed by atoms with E-state index in [1.54, 1.807) is 0 Å². The van der Waals surface area contributed by atoms with Gasteiger partial charge in [-0.3, -0.25) is 0 Å². The summed E-state index contributed by atoms with van der Waals surface area (Å²) < 4.78 is 7.30. The molecule has 2 aromatic rings. The molecule has 0 amide bonds. The van der Waals surface area contributed by atoms with Gasteiger partial charge in [0.1, 0.15) is 13.3 Å². The van der Waals surface area contributed by atoms with Crippen molar-refractivity contribution in [1.29, 1.82) is 5.26 Å². The minimum atomic E-state index is -1.26. The number of aromatic nitrogens is 6. The predicted octanol–water partition coefficient (Wildman–Crippen LogP) is -4.05. The van der Waals surface area contributed by atoms with Crippen LogP contribution in [0.25, 0.3) is 0 Å². The molecule has 2 heterocycles. The SMILES string of the molecule is CCn1c(=O)n(CN=C=O)c(=O)n(Cn2c(=O)n(CC)c(=O)n(COC#N)c2=O)c1=O. The fourth-order valence-corrected chi connectivity index (χ4v) is 2.71. The molecule has 0 N–H and O–H groups in total. The van der Waals surface area contributed by atoms with Crippen LogP contribution in [0.1, 0.15) is 13.8 Å². The van der Waals surface area contributed by atoms with Crippen LogP contribution in [0.4, 0.5) is 0 Å². The van der Waals surface area contributed by atoms with Gasteiger partial charge < -0.3 is 4.74 Å². The number of aliphatic imine (C=N–C) groups is 1. The molecule has 0 unspecified atom stereocenters. The largest absolute Gasteiger partial charge is 0.405 e. The normalized spacial score (nSPS) is 10.4. The van der Waals surface area contributed by atoms with Crippen molar-refractivity contribution in [3.05, 3.63) is 62.9 Å². The lowest BCUT2D eigenvalue weighted by atomic mass is 10.6. The molecule has 0 atom stereocenters. The zero-order valence-electron chi connectivity index (χ0n) is 16.4. The number of nitrogens with zero attached hydrogens (tertiary/aromatic N) is 8. The summed E-state index contributed by atoms with van der Waals surface area (Å²) in [5.74, 6) is 0. The van der Waals surface area contributed by atoms with Gasteiger partial charge in [-0.2, -0.15) is 10.3 Å². The van der Waals surface area contributed by atoms with Crippen molar-refractivity contribution in [3.63, 3.8) is 0 Å². The zero-order chi connectivity index (χ0) is 23.3. The third kappa shape index (κ3) is 3.97. The Labute approximate surface area is 170 Å². The number of carbonyl (C=O) groups excluding carboxylic acids is 1. The van der Waals surface area contributed by atoms with Gasteiger partial charge in [-0.1, -0.05) is 0 Å². The Hall–Kier alpha value is -4.51. The van der Waals surface area contributed by atoms with E-state index in [0.717, 1.165) is 6.08 Å². The van der Waals surface area contributed by atoms with Crippen LogP contribution in [0.2, 0.25) is 0 Å². The first-order chi connectivity index (χ1) is 14.7. The van der Waals surface area contributed by atoms with E-state index < -0.39 is 54.2 Å². The molecule has 0 fully saturated rings. The molecule has 0 spiro atoms. The lowest BCUT2D eigenvalue weighted by Gasteiger charge is -2.14. The third-order valence-electron chi connectivity index (χ3n) is 4.22. The number of hydrogen-bond acceptors (Lipinski definition) is 10. The van der Waals surface area contributed by atoms with Crippen molar-refractivity contribution in [2.24, 2.45) is 4.99 Å². The average molecular weight is 436 g/mol. The Kier molecular flexibility index (Phi) is 6.85. The van der Waals surface area contributed by atoms with Gasteiger partial charge in [-0.05, 0) is 13.8 Å². The summed E-state index contributed by atoms with van der Waals surface area (Å²) in [7, 11) is 0. The number of isocyanates is 1. The summed E-state index contributed by atoms with van der Waals surface area (Å²) >= 11 is 0. The Morgan fingerprint density at radius 2 is 1.16 bits per heavy atom. The van der Waals surface area contributed by atoms with Crippen LogP contribution in [0, 0.1) is 11.5 Å². The number of ether oxygens (including phenoxy) is 1. The van der Waals surface area contributed by atoms with Gasteiger partial charge in [-0.15, -0.1) is 0 Å². The van der Waals surface area contributed by atoms with Gasteiger partial charge in [0.15, 0.2) is 6.73 Å². The fourth-order valence-electron chi connectivity index (χ4n) is 2.71. The van der Waals surface area contributed by atoms with E-state index in [4.69, 9.17) is 5.26 Å². The van der Waals surface area contributed by atoms with Gasteiger partial charge in [0, 0.05) is 13.1 Å². The van der Waals surface area contributed by atoms with Crippen LogP contribution in [-0.4, -0.2) is 33.5 Å². The molecule has 2 rings (SSSR count). The van der Waals surface area contributed by atoms with Crippen molar-refractivity contribution >= 4 is 6.08 Å². The van der Waals surface area contributed by atoms with Crippen molar-refractivity contribution in [1.82, 2.24) is 27.4 Å². The maximum absolute atomic E-state index is 12.7. The van der Waals surface area contributed by atoms with E-state index in [-0.39, 0.29) is 13.1 Å². The van der Waals surface area contributed by atoms with E-state index in [1.165, 1.54) is 20.1 Å². The molecule has 0 radical (unpaired) electrons. The second-order valence-corrected chi connectivity index (χ2v) is 5.79. The van der Waals surface area contributed by atoms with E-state index in [0.29, 0.717) is 27.4 Å². The topological polar surface area (TPSA) is 194 Å². The molecule has 164 valence electrons. The number of hydrogen-bond donors (Lipinski definition) is 0. The standard InChI is InChI=1S/C15H16N8O8/c1-3-18-10(25)20(6-17-7-24)14(29)21(11(18)26)8-22-12(27)19(4-2)13(28)23(15(22)30)9-31-5-16/h3-4,6,8-9H2,1-2H3. The summed E-state index contributed by atoms with van der Waals surface area (Å²) in [4.78, 5) is 88.6.